The minimum Gasteiger partial charge on any atom is -0.497 e. The van der Waals surface area contributed by atoms with Crippen LogP contribution in [0.3, 0.4) is 0 Å². The Hall–Kier alpha value is -1.06. The van der Waals surface area contributed by atoms with Crippen molar-refractivity contribution in [2.45, 2.75) is 40.3 Å². The first kappa shape index (κ1) is 18.0. The van der Waals surface area contributed by atoms with Crippen molar-refractivity contribution in [2.24, 2.45) is 11.8 Å². The normalized spacial score (nSPS) is 14.5. The van der Waals surface area contributed by atoms with Crippen LogP contribution < -0.4 is 10.1 Å². The summed E-state index contributed by atoms with van der Waals surface area (Å²) in [7, 11) is 3.91. The Bertz CT molecular complexity index is 389. The average Bonchev–Trinajstić information content (AvgIpc) is 2.46. The molecule has 0 fully saturated rings. The smallest absolute Gasteiger partial charge is 0.118 e. The third kappa shape index (κ3) is 6.49. The molecule has 0 saturated carbocycles. The molecule has 0 aliphatic rings. The van der Waals surface area contributed by atoms with Gasteiger partial charge >= 0.3 is 0 Å². The van der Waals surface area contributed by atoms with E-state index in [2.05, 4.69) is 57.1 Å². The summed E-state index contributed by atoms with van der Waals surface area (Å²) in [6.45, 7) is 12.3. The van der Waals surface area contributed by atoms with E-state index in [9.17, 15) is 0 Å². The molecule has 0 aliphatic carbocycles. The van der Waals surface area contributed by atoms with Crippen LogP contribution in [0.25, 0.3) is 0 Å². The summed E-state index contributed by atoms with van der Waals surface area (Å²) in [4.78, 5) is 2.42. The number of nitrogens with zero attached hydrogens (tertiary/aromatic N) is 1. The summed E-state index contributed by atoms with van der Waals surface area (Å²) in [5.41, 5.74) is 1.33. The summed E-state index contributed by atoms with van der Waals surface area (Å²) < 4.78 is 5.20. The first-order chi connectivity index (χ1) is 9.93. The number of nitrogens with one attached hydrogen (secondary N) is 1. The van der Waals surface area contributed by atoms with E-state index >= 15 is 0 Å². The summed E-state index contributed by atoms with van der Waals surface area (Å²) in [6.07, 6.45) is 0. The van der Waals surface area contributed by atoms with Gasteiger partial charge in [-0.15, -0.1) is 0 Å². The predicted octanol–water partition coefficient (Wildman–Crippen LogP) is 3.40. The second-order valence-electron chi connectivity index (χ2n) is 6.53. The average molecular weight is 292 g/mol. The number of rotatable bonds is 9. The highest BCUT2D eigenvalue weighted by Crippen LogP contribution is 2.15. The summed E-state index contributed by atoms with van der Waals surface area (Å²) in [5, 5.41) is 3.56. The first-order valence-electron chi connectivity index (χ1n) is 7.98. The molecule has 0 saturated heterocycles. The van der Waals surface area contributed by atoms with Gasteiger partial charge in [0.15, 0.2) is 0 Å². The Balaban J connectivity index is 2.43. The van der Waals surface area contributed by atoms with Crippen molar-refractivity contribution in [3.63, 3.8) is 0 Å². The van der Waals surface area contributed by atoms with E-state index in [0.29, 0.717) is 17.9 Å². The Kier molecular flexibility index (Phi) is 7.76. The van der Waals surface area contributed by atoms with Crippen LogP contribution in [-0.4, -0.2) is 38.2 Å². The molecule has 1 rings (SSSR count). The Labute approximate surface area is 130 Å². The molecule has 120 valence electrons. The van der Waals surface area contributed by atoms with Gasteiger partial charge in [0.1, 0.15) is 5.75 Å². The molecule has 3 heteroatoms. The van der Waals surface area contributed by atoms with Crippen LogP contribution >= 0.6 is 0 Å². The van der Waals surface area contributed by atoms with E-state index in [0.717, 1.165) is 25.4 Å². The third-order valence-electron chi connectivity index (χ3n) is 4.13. The van der Waals surface area contributed by atoms with Crippen molar-refractivity contribution < 1.29 is 4.74 Å². The standard InChI is InChI=1S/C18H32N2O/c1-14(2)11-19-12-15(3)16(4)20(5)13-17-7-9-18(21-6)10-8-17/h7-10,14-16,19H,11-13H2,1-6H3. The quantitative estimate of drug-likeness (QED) is 0.755. The van der Waals surface area contributed by atoms with Gasteiger partial charge in [0.05, 0.1) is 7.11 Å². The fourth-order valence-electron chi connectivity index (χ4n) is 2.37. The van der Waals surface area contributed by atoms with Gasteiger partial charge in [-0.25, -0.2) is 0 Å². The maximum absolute atomic E-state index is 5.20. The van der Waals surface area contributed by atoms with E-state index < -0.39 is 0 Å². The van der Waals surface area contributed by atoms with Gasteiger partial charge in [-0.1, -0.05) is 32.9 Å². The lowest BCUT2D eigenvalue weighted by Crippen LogP contribution is -2.39. The molecule has 0 amide bonds. The zero-order valence-corrected chi connectivity index (χ0v) is 14.5. The van der Waals surface area contributed by atoms with Crippen LogP contribution in [0, 0.1) is 11.8 Å². The van der Waals surface area contributed by atoms with Crippen LogP contribution in [0.15, 0.2) is 24.3 Å². The van der Waals surface area contributed by atoms with Gasteiger partial charge in [-0.3, -0.25) is 4.90 Å². The van der Waals surface area contributed by atoms with Gasteiger partial charge in [0, 0.05) is 12.6 Å². The van der Waals surface area contributed by atoms with Crippen molar-refractivity contribution in [3.05, 3.63) is 29.8 Å². The number of benzene rings is 1. The lowest BCUT2D eigenvalue weighted by atomic mass is 10.0. The van der Waals surface area contributed by atoms with Crippen molar-refractivity contribution in [1.29, 1.82) is 0 Å². The predicted molar refractivity (Wildman–Crippen MR) is 90.8 cm³/mol. The van der Waals surface area contributed by atoms with E-state index in [1.54, 1.807) is 7.11 Å². The Morgan fingerprint density at radius 3 is 2.19 bits per heavy atom. The molecule has 1 N–H and O–H groups in total. The number of hydrogen-bond acceptors (Lipinski definition) is 3. The van der Waals surface area contributed by atoms with Crippen molar-refractivity contribution in [2.75, 3.05) is 27.2 Å². The van der Waals surface area contributed by atoms with Crippen molar-refractivity contribution >= 4 is 0 Å². The molecule has 2 unspecified atom stereocenters. The van der Waals surface area contributed by atoms with Crippen LogP contribution in [0.2, 0.25) is 0 Å². The molecule has 21 heavy (non-hydrogen) atoms. The second-order valence-corrected chi connectivity index (χ2v) is 6.53. The lowest BCUT2D eigenvalue weighted by Gasteiger charge is -2.30. The molecular weight excluding hydrogens is 260 g/mol. The van der Waals surface area contributed by atoms with Gasteiger partial charge in [0.25, 0.3) is 0 Å². The van der Waals surface area contributed by atoms with Gasteiger partial charge < -0.3 is 10.1 Å². The minimum atomic E-state index is 0.548. The molecular formula is C18H32N2O. The molecule has 0 spiro atoms. The maximum atomic E-state index is 5.20. The van der Waals surface area contributed by atoms with Crippen LogP contribution in [0.1, 0.15) is 33.3 Å². The lowest BCUT2D eigenvalue weighted by molar-refractivity contribution is 0.188. The topological polar surface area (TPSA) is 24.5 Å². The maximum Gasteiger partial charge on any atom is 0.118 e. The van der Waals surface area contributed by atoms with Crippen molar-refractivity contribution in [1.82, 2.24) is 10.2 Å². The molecule has 0 heterocycles. The fraction of sp³-hybridized carbons (Fsp3) is 0.667. The zero-order valence-electron chi connectivity index (χ0n) is 14.5. The molecule has 0 radical (unpaired) electrons. The van der Waals surface area contributed by atoms with Crippen LogP contribution in [0.4, 0.5) is 0 Å². The van der Waals surface area contributed by atoms with Gasteiger partial charge in [-0.05, 0) is 56.6 Å². The van der Waals surface area contributed by atoms with Gasteiger partial charge in [0.2, 0.25) is 0 Å². The minimum absolute atomic E-state index is 0.548. The summed E-state index contributed by atoms with van der Waals surface area (Å²) in [5.74, 6) is 2.26. The van der Waals surface area contributed by atoms with E-state index in [1.165, 1.54) is 5.56 Å². The van der Waals surface area contributed by atoms with Crippen LogP contribution in [0.5, 0.6) is 5.75 Å². The van der Waals surface area contributed by atoms with Crippen LogP contribution in [-0.2, 0) is 6.54 Å². The Morgan fingerprint density at radius 2 is 1.67 bits per heavy atom. The second kappa shape index (κ2) is 9.06. The van der Waals surface area contributed by atoms with E-state index in [-0.39, 0.29) is 0 Å². The number of ether oxygens (including phenoxy) is 1. The summed E-state index contributed by atoms with van der Waals surface area (Å²) >= 11 is 0. The van der Waals surface area contributed by atoms with E-state index in [1.807, 2.05) is 12.1 Å². The molecule has 3 nitrogen and oxygen atoms in total. The fourth-order valence-corrected chi connectivity index (χ4v) is 2.37. The van der Waals surface area contributed by atoms with Gasteiger partial charge in [-0.2, -0.15) is 0 Å². The molecule has 0 aromatic heterocycles. The zero-order chi connectivity index (χ0) is 15.8. The molecule has 1 aromatic carbocycles. The SMILES string of the molecule is COc1ccc(CN(C)C(C)C(C)CNCC(C)C)cc1. The Morgan fingerprint density at radius 1 is 1.05 bits per heavy atom. The highest BCUT2D eigenvalue weighted by Gasteiger charge is 2.17. The van der Waals surface area contributed by atoms with E-state index in [4.69, 9.17) is 4.74 Å². The summed E-state index contributed by atoms with van der Waals surface area (Å²) in [6, 6.07) is 8.89. The monoisotopic (exact) mass is 292 g/mol. The largest absolute Gasteiger partial charge is 0.497 e. The third-order valence-corrected chi connectivity index (χ3v) is 4.13. The molecule has 0 aliphatic heterocycles. The molecule has 0 bridgehead atoms. The molecule has 2 atom stereocenters. The highest BCUT2D eigenvalue weighted by molar-refractivity contribution is 5.27. The molecule has 1 aromatic rings. The highest BCUT2D eigenvalue weighted by atomic mass is 16.5. The van der Waals surface area contributed by atoms with Crippen molar-refractivity contribution in [3.8, 4) is 5.75 Å². The number of hydrogen-bond donors (Lipinski definition) is 1. The first-order valence-corrected chi connectivity index (χ1v) is 7.98. The number of methoxy groups -OCH3 is 1.